The summed E-state index contributed by atoms with van der Waals surface area (Å²) in [6.45, 7) is 5.00. The molecular weight excluding hydrogens is 226 g/mol. The Hall–Kier alpha value is -1.06. The van der Waals surface area contributed by atoms with Crippen LogP contribution in [0.3, 0.4) is 0 Å². The Morgan fingerprint density at radius 3 is 2.72 bits per heavy atom. The van der Waals surface area contributed by atoms with Crippen LogP contribution in [0.15, 0.2) is 24.3 Å². The number of nitrogens with one attached hydrogen (secondary N) is 1. The normalized spacial score (nSPS) is 21.9. The monoisotopic (exact) mass is 249 g/mol. The molecule has 0 saturated carbocycles. The number of hydrogen-bond acceptors (Lipinski definition) is 3. The molecule has 1 saturated heterocycles. The van der Waals surface area contributed by atoms with Gasteiger partial charge in [-0.2, -0.15) is 0 Å². The fourth-order valence-electron chi connectivity index (χ4n) is 2.45. The molecule has 1 aliphatic rings. The van der Waals surface area contributed by atoms with Crippen molar-refractivity contribution >= 4 is 0 Å². The van der Waals surface area contributed by atoms with Crippen molar-refractivity contribution in [3.63, 3.8) is 0 Å². The van der Waals surface area contributed by atoms with E-state index in [0.717, 1.165) is 24.3 Å². The molecular formula is C15H23NO2. The van der Waals surface area contributed by atoms with Crippen molar-refractivity contribution in [3.8, 4) is 5.75 Å². The van der Waals surface area contributed by atoms with E-state index in [-0.39, 0.29) is 12.1 Å². The fourth-order valence-corrected chi connectivity index (χ4v) is 2.45. The summed E-state index contributed by atoms with van der Waals surface area (Å²) in [7, 11) is 0. The highest BCUT2D eigenvalue weighted by molar-refractivity contribution is 5.36. The van der Waals surface area contributed by atoms with Crippen molar-refractivity contribution in [3.05, 3.63) is 29.8 Å². The van der Waals surface area contributed by atoms with Crippen LogP contribution in [0.2, 0.25) is 0 Å². The molecule has 1 aromatic carbocycles. The summed E-state index contributed by atoms with van der Waals surface area (Å²) >= 11 is 0. The minimum Gasteiger partial charge on any atom is -0.491 e. The van der Waals surface area contributed by atoms with Gasteiger partial charge in [0.15, 0.2) is 0 Å². The highest BCUT2D eigenvalue weighted by atomic mass is 16.5. The molecule has 0 aliphatic carbocycles. The van der Waals surface area contributed by atoms with Gasteiger partial charge in [-0.1, -0.05) is 24.6 Å². The van der Waals surface area contributed by atoms with Gasteiger partial charge in [-0.25, -0.2) is 0 Å². The molecule has 0 radical (unpaired) electrons. The van der Waals surface area contributed by atoms with Gasteiger partial charge in [-0.3, -0.25) is 0 Å². The number of ether oxygens (including phenoxy) is 1. The van der Waals surface area contributed by atoms with Crippen LogP contribution in [0.1, 0.15) is 44.8 Å². The molecule has 0 bridgehead atoms. The highest BCUT2D eigenvalue weighted by Gasteiger charge is 2.25. The van der Waals surface area contributed by atoms with E-state index < -0.39 is 6.10 Å². The zero-order valence-corrected chi connectivity index (χ0v) is 11.2. The number of rotatable bonds is 4. The molecule has 3 nitrogen and oxygen atoms in total. The van der Waals surface area contributed by atoms with E-state index in [9.17, 15) is 5.11 Å². The van der Waals surface area contributed by atoms with E-state index in [4.69, 9.17) is 4.74 Å². The Morgan fingerprint density at radius 1 is 1.28 bits per heavy atom. The second kappa shape index (κ2) is 6.21. The summed E-state index contributed by atoms with van der Waals surface area (Å²) in [6, 6.07) is 7.94. The van der Waals surface area contributed by atoms with Crippen LogP contribution >= 0.6 is 0 Å². The molecule has 2 N–H and O–H groups in total. The molecule has 1 aromatic rings. The second-order valence-electron chi connectivity index (χ2n) is 5.21. The lowest BCUT2D eigenvalue weighted by atomic mass is 9.94. The van der Waals surface area contributed by atoms with E-state index in [1.54, 1.807) is 0 Å². The van der Waals surface area contributed by atoms with Crippen molar-refractivity contribution in [2.24, 2.45) is 0 Å². The minimum atomic E-state index is -0.486. The third kappa shape index (κ3) is 3.24. The predicted molar refractivity (Wildman–Crippen MR) is 72.8 cm³/mol. The first kappa shape index (κ1) is 13.4. The molecule has 1 aliphatic heterocycles. The third-order valence-corrected chi connectivity index (χ3v) is 3.33. The lowest BCUT2D eigenvalue weighted by Crippen LogP contribution is -2.38. The average Bonchev–Trinajstić information content (AvgIpc) is 2.39. The van der Waals surface area contributed by atoms with Crippen LogP contribution in [0.5, 0.6) is 5.75 Å². The van der Waals surface area contributed by atoms with Gasteiger partial charge in [0.1, 0.15) is 5.75 Å². The Labute approximate surface area is 109 Å². The van der Waals surface area contributed by atoms with Crippen LogP contribution in [-0.2, 0) is 0 Å². The van der Waals surface area contributed by atoms with Crippen LogP contribution in [-0.4, -0.2) is 23.8 Å². The highest BCUT2D eigenvalue weighted by Crippen LogP contribution is 2.30. The third-order valence-electron chi connectivity index (χ3n) is 3.33. The molecule has 0 spiro atoms. The minimum absolute atomic E-state index is 0.123. The largest absolute Gasteiger partial charge is 0.491 e. The number of aliphatic hydroxyl groups excluding tert-OH is 1. The second-order valence-corrected chi connectivity index (χ2v) is 5.21. The first-order valence-electron chi connectivity index (χ1n) is 6.85. The zero-order chi connectivity index (χ0) is 13.0. The topological polar surface area (TPSA) is 41.5 Å². The summed E-state index contributed by atoms with van der Waals surface area (Å²) in [5.41, 5.74) is 0.894. The maximum absolute atomic E-state index is 10.5. The SMILES string of the molecule is CC(C)Oc1ccccc1C(O)C1CCCCN1. The van der Waals surface area contributed by atoms with E-state index in [1.807, 2.05) is 38.1 Å². The molecule has 1 heterocycles. The van der Waals surface area contributed by atoms with Gasteiger partial charge in [-0.05, 0) is 39.3 Å². The van der Waals surface area contributed by atoms with Gasteiger partial charge in [0.25, 0.3) is 0 Å². The Balaban J connectivity index is 2.15. The van der Waals surface area contributed by atoms with Crippen molar-refractivity contribution < 1.29 is 9.84 Å². The van der Waals surface area contributed by atoms with Crippen LogP contribution in [0, 0.1) is 0 Å². The maximum Gasteiger partial charge on any atom is 0.125 e. The lowest BCUT2D eigenvalue weighted by molar-refractivity contribution is 0.108. The van der Waals surface area contributed by atoms with E-state index in [1.165, 1.54) is 12.8 Å². The van der Waals surface area contributed by atoms with E-state index in [0.29, 0.717) is 0 Å². The molecule has 2 unspecified atom stereocenters. The van der Waals surface area contributed by atoms with Gasteiger partial charge in [0, 0.05) is 11.6 Å². The smallest absolute Gasteiger partial charge is 0.125 e. The summed E-state index contributed by atoms with van der Waals surface area (Å²) in [5, 5.41) is 13.9. The average molecular weight is 249 g/mol. The number of aliphatic hydroxyl groups is 1. The molecule has 0 amide bonds. The summed E-state index contributed by atoms with van der Waals surface area (Å²) in [5.74, 6) is 0.798. The summed E-state index contributed by atoms with van der Waals surface area (Å²) in [4.78, 5) is 0. The predicted octanol–water partition coefficient (Wildman–Crippen LogP) is 2.65. The maximum atomic E-state index is 10.5. The number of benzene rings is 1. The fraction of sp³-hybridized carbons (Fsp3) is 0.600. The molecule has 2 rings (SSSR count). The van der Waals surface area contributed by atoms with Gasteiger partial charge in [0.2, 0.25) is 0 Å². The Bertz CT molecular complexity index is 373. The molecule has 3 heteroatoms. The number of para-hydroxylation sites is 1. The van der Waals surface area contributed by atoms with Gasteiger partial charge in [0.05, 0.1) is 12.2 Å². The van der Waals surface area contributed by atoms with Crippen LogP contribution < -0.4 is 10.1 Å². The van der Waals surface area contributed by atoms with Crippen molar-refractivity contribution in [2.75, 3.05) is 6.54 Å². The molecule has 0 aromatic heterocycles. The first-order valence-corrected chi connectivity index (χ1v) is 6.85. The van der Waals surface area contributed by atoms with Gasteiger partial charge >= 0.3 is 0 Å². The Morgan fingerprint density at radius 2 is 2.06 bits per heavy atom. The van der Waals surface area contributed by atoms with Crippen molar-refractivity contribution in [2.45, 2.75) is 51.4 Å². The van der Waals surface area contributed by atoms with Gasteiger partial charge < -0.3 is 15.2 Å². The van der Waals surface area contributed by atoms with E-state index in [2.05, 4.69) is 5.32 Å². The first-order chi connectivity index (χ1) is 8.68. The zero-order valence-electron chi connectivity index (χ0n) is 11.2. The van der Waals surface area contributed by atoms with Crippen LogP contribution in [0.25, 0.3) is 0 Å². The molecule has 2 atom stereocenters. The number of hydrogen-bond donors (Lipinski definition) is 2. The van der Waals surface area contributed by atoms with Crippen molar-refractivity contribution in [1.29, 1.82) is 0 Å². The van der Waals surface area contributed by atoms with E-state index >= 15 is 0 Å². The lowest BCUT2D eigenvalue weighted by Gasteiger charge is -2.29. The Kier molecular flexibility index (Phi) is 4.61. The molecule has 1 fully saturated rings. The molecule has 100 valence electrons. The standard InChI is InChI=1S/C15H23NO2/c1-11(2)18-14-9-4-3-7-12(14)15(17)13-8-5-6-10-16-13/h3-4,7,9,11,13,15-17H,5-6,8,10H2,1-2H3. The molecule has 18 heavy (non-hydrogen) atoms. The van der Waals surface area contributed by atoms with Crippen molar-refractivity contribution in [1.82, 2.24) is 5.32 Å². The summed E-state index contributed by atoms with van der Waals surface area (Å²) in [6.07, 6.45) is 3.05. The quantitative estimate of drug-likeness (QED) is 0.862. The summed E-state index contributed by atoms with van der Waals surface area (Å²) < 4.78 is 5.77. The van der Waals surface area contributed by atoms with Gasteiger partial charge in [-0.15, -0.1) is 0 Å². The number of piperidine rings is 1. The van der Waals surface area contributed by atoms with Crippen LogP contribution in [0.4, 0.5) is 0 Å².